The number of hydrogen-bond acceptors (Lipinski definition) is 7. The number of carboxylic acid groups (broad SMARTS) is 1. The van der Waals surface area contributed by atoms with E-state index in [1.165, 1.54) is 4.90 Å². The van der Waals surface area contributed by atoms with Crippen molar-refractivity contribution in [2.24, 2.45) is 11.8 Å². The maximum atomic E-state index is 14.4. The lowest BCUT2D eigenvalue weighted by Crippen LogP contribution is -2.58. The molecule has 1 aliphatic heterocycles. The van der Waals surface area contributed by atoms with Gasteiger partial charge >= 0.3 is 12.1 Å². The minimum absolute atomic E-state index is 0.109. The Morgan fingerprint density at radius 3 is 2.51 bits per heavy atom. The van der Waals surface area contributed by atoms with Crippen LogP contribution >= 0.6 is 0 Å². The number of carbonyl (C=O) groups excluding carboxylic acids is 3. The van der Waals surface area contributed by atoms with Crippen LogP contribution in [0, 0.1) is 11.8 Å². The number of likely N-dealkylation sites (tertiary alicyclic amines) is 1. The number of aliphatic carboxylic acids is 1. The zero-order valence-electron chi connectivity index (χ0n) is 26.7. The first-order chi connectivity index (χ1) is 21.4. The van der Waals surface area contributed by atoms with Crippen molar-refractivity contribution in [1.82, 2.24) is 20.5 Å². The van der Waals surface area contributed by atoms with Gasteiger partial charge in [-0.1, -0.05) is 56.9 Å². The number of alkyl carbamates (subject to hydrolysis) is 1. The van der Waals surface area contributed by atoms with Crippen LogP contribution in [0.5, 0.6) is 0 Å². The Hall–Kier alpha value is -3.73. The van der Waals surface area contributed by atoms with Crippen molar-refractivity contribution in [2.45, 2.75) is 115 Å². The molecule has 1 aromatic heterocycles. The van der Waals surface area contributed by atoms with E-state index in [4.69, 9.17) is 9.47 Å². The topological polar surface area (TPSA) is 147 Å². The molecule has 45 heavy (non-hydrogen) atoms. The van der Waals surface area contributed by atoms with E-state index in [0.29, 0.717) is 12.8 Å². The number of para-hydroxylation sites is 1. The number of ether oxygens (including phenoxy) is 2. The van der Waals surface area contributed by atoms with Gasteiger partial charge < -0.3 is 30.1 Å². The lowest BCUT2D eigenvalue weighted by Gasteiger charge is -2.35. The number of benzene rings is 1. The molecule has 0 spiro atoms. The number of rotatable bonds is 10. The van der Waals surface area contributed by atoms with Crippen LogP contribution in [0.15, 0.2) is 36.5 Å². The first kappa shape index (κ1) is 32.7. The quantitative estimate of drug-likeness (QED) is 0.349. The first-order valence-corrected chi connectivity index (χ1v) is 16.2. The number of aromatic nitrogens is 1. The van der Waals surface area contributed by atoms with Gasteiger partial charge in [-0.3, -0.25) is 14.6 Å². The Balaban J connectivity index is 1.39. The van der Waals surface area contributed by atoms with Gasteiger partial charge in [0.2, 0.25) is 11.8 Å². The van der Waals surface area contributed by atoms with Crippen molar-refractivity contribution < 1.29 is 33.8 Å². The molecule has 244 valence electrons. The van der Waals surface area contributed by atoms with Gasteiger partial charge in [-0.15, -0.1) is 0 Å². The van der Waals surface area contributed by atoms with E-state index >= 15 is 0 Å². The summed E-state index contributed by atoms with van der Waals surface area (Å²) >= 11 is 0. The molecule has 0 bridgehead atoms. The second-order valence-electron chi connectivity index (χ2n) is 13.8. The fraction of sp³-hybridized carbons (Fsp3) is 0.618. The van der Waals surface area contributed by atoms with Gasteiger partial charge in [0.05, 0.1) is 18.2 Å². The molecule has 1 saturated heterocycles. The third-order valence-corrected chi connectivity index (χ3v) is 9.42. The summed E-state index contributed by atoms with van der Waals surface area (Å²) in [5.74, 6) is -2.24. The molecule has 5 rings (SSSR count). The molecular formula is C34H46N4O7. The smallest absolute Gasteiger partial charge is 0.408 e. The molecule has 3 N–H and O–H groups in total. The number of carboxylic acids is 1. The fourth-order valence-corrected chi connectivity index (χ4v) is 6.96. The number of nitrogens with zero attached hydrogens (tertiary/aromatic N) is 2. The second kappa shape index (κ2) is 13.3. The third-order valence-electron chi connectivity index (χ3n) is 9.42. The molecule has 3 fully saturated rings. The number of carbonyl (C=O) groups is 4. The van der Waals surface area contributed by atoms with E-state index in [-0.39, 0.29) is 37.3 Å². The van der Waals surface area contributed by atoms with Gasteiger partial charge in [0.1, 0.15) is 23.2 Å². The molecular weight excluding hydrogens is 576 g/mol. The highest BCUT2D eigenvalue weighted by atomic mass is 16.6. The minimum Gasteiger partial charge on any atom is -0.479 e. The van der Waals surface area contributed by atoms with Crippen molar-refractivity contribution in [2.75, 3.05) is 6.54 Å². The zero-order valence-corrected chi connectivity index (χ0v) is 26.7. The number of pyridine rings is 1. The molecule has 11 heteroatoms. The van der Waals surface area contributed by atoms with E-state index < -0.39 is 47.3 Å². The lowest BCUT2D eigenvalue weighted by atomic mass is 9.83. The van der Waals surface area contributed by atoms with Crippen LogP contribution in [0.4, 0.5) is 4.79 Å². The van der Waals surface area contributed by atoms with Crippen molar-refractivity contribution >= 4 is 34.8 Å². The standard InChI is InChI=1S/C34H46N4O7/c1-5-24-18-34(24,31(41)42)37-29(39)26-17-25(44-20-23-14-9-13-21-15-10-16-35-27(21)23)19-38(26)30(40)28(22-11-7-6-8-12-22)36-32(43)45-33(2,3)4/h9-10,13-16,22,24-26,28H,5-8,11-12,17-20H2,1-4H3,(H,36,43)(H,37,39)(H,41,42)/t24-,25+,26-,28-,34?/m0/s1. The molecule has 1 unspecified atom stereocenters. The van der Waals surface area contributed by atoms with Crippen LogP contribution in [-0.2, 0) is 30.5 Å². The van der Waals surface area contributed by atoms with Crippen LogP contribution in [-0.4, -0.2) is 74.7 Å². The molecule has 2 aromatic rings. The number of amides is 3. The lowest BCUT2D eigenvalue weighted by molar-refractivity contribution is -0.146. The van der Waals surface area contributed by atoms with E-state index in [0.717, 1.165) is 48.6 Å². The monoisotopic (exact) mass is 622 g/mol. The van der Waals surface area contributed by atoms with Gasteiger partial charge in [-0.25, -0.2) is 9.59 Å². The summed E-state index contributed by atoms with van der Waals surface area (Å²) in [4.78, 5) is 59.4. The second-order valence-corrected chi connectivity index (χ2v) is 13.8. The summed E-state index contributed by atoms with van der Waals surface area (Å²) in [5.41, 5.74) is -0.367. The van der Waals surface area contributed by atoms with Gasteiger partial charge in [-0.2, -0.15) is 0 Å². The molecule has 3 aliphatic rings. The molecule has 1 aromatic carbocycles. The SMILES string of the molecule is CC[C@H]1CC1(NC(=O)[C@@H]1C[C@@H](OCc2cccc3cccnc23)CN1C(=O)[C@@H](NC(=O)OC(C)(C)C)C1CCCCC1)C(=O)O. The molecule has 2 heterocycles. The van der Waals surface area contributed by atoms with Crippen LogP contribution in [0.3, 0.4) is 0 Å². The van der Waals surface area contributed by atoms with Gasteiger partial charge in [0.25, 0.3) is 0 Å². The maximum Gasteiger partial charge on any atom is 0.408 e. The van der Waals surface area contributed by atoms with Crippen LogP contribution in [0.1, 0.15) is 84.6 Å². The Labute approximate surface area is 264 Å². The van der Waals surface area contributed by atoms with Crippen molar-refractivity contribution in [3.63, 3.8) is 0 Å². The Morgan fingerprint density at radius 1 is 1.11 bits per heavy atom. The number of hydrogen-bond donors (Lipinski definition) is 3. The Bertz CT molecular complexity index is 1410. The van der Waals surface area contributed by atoms with Crippen LogP contribution < -0.4 is 10.6 Å². The van der Waals surface area contributed by atoms with Crippen molar-refractivity contribution in [1.29, 1.82) is 0 Å². The predicted molar refractivity (Wildman–Crippen MR) is 167 cm³/mol. The van der Waals surface area contributed by atoms with Gasteiger partial charge in [-0.05, 0) is 57.9 Å². The Kier molecular flexibility index (Phi) is 9.67. The molecule has 11 nitrogen and oxygen atoms in total. The van der Waals surface area contributed by atoms with Gasteiger partial charge in [0, 0.05) is 30.1 Å². The van der Waals surface area contributed by atoms with E-state index in [9.17, 15) is 24.3 Å². The summed E-state index contributed by atoms with van der Waals surface area (Å²) in [6.07, 6.45) is 6.21. The first-order valence-electron chi connectivity index (χ1n) is 16.2. The van der Waals surface area contributed by atoms with E-state index in [1.54, 1.807) is 27.0 Å². The number of fused-ring (bicyclic) bond motifs is 1. The van der Waals surface area contributed by atoms with E-state index in [1.807, 2.05) is 37.3 Å². The molecule has 2 aliphatic carbocycles. The highest BCUT2D eigenvalue weighted by molar-refractivity contribution is 5.96. The van der Waals surface area contributed by atoms with Crippen molar-refractivity contribution in [3.05, 3.63) is 42.1 Å². The summed E-state index contributed by atoms with van der Waals surface area (Å²) in [6, 6.07) is 7.87. The van der Waals surface area contributed by atoms with Gasteiger partial charge in [0.15, 0.2) is 0 Å². The normalized spacial score (nSPS) is 25.9. The van der Waals surface area contributed by atoms with Crippen LogP contribution in [0.25, 0.3) is 10.9 Å². The average Bonchev–Trinajstić information content (AvgIpc) is 3.56. The zero-order chi connectivity index (χ0) is 32.4. The molecule has 5 atom stereocenters. The highest BCUT2D eigenvalue weighted by Gasteiger charge is 2.61. The van der Waals surface area contributed by atoms with E-state index in [2.05, 4.69) is 15.6 Å². The maximum absolute atomic E-state index is 14.4. The van der Waals surface area contributed by atoms with Crippen molar-refractivity contribution in [3.8, 4) is 0 Å². The number of nitrogens with one attached hydrogen (secondary N) is 2. The average molecular weight is 623 g/mol. The largest absolute Gasteiger partial charge is 0.479 e. The molecule has 0 radical (unpaired) electrons. The summed E-state index contributed by atoms with van der Waals surface area (Å²) in [5, 5.41) is 16.6. The molecule has 2 saturated carbocycles. The fourth-order valence-electron chi connectivity index (χ4n) is 6.96. The third kappa shape index (κ3) is 7.40. The summed E-state index contributed by atoms with van der Waals surface area (Å²) in [7, 11) is 0. The molecule has 3 amide bonds. The predicted octanol–water partition coefficient (Wildman–Crippen LogP) is 4.56. The Morgan fingerprint density at radius 2 is 1.84 bits per heavy atom. The minimum atomic E-state index is -1.33. The highest BCUT2D eigenvalue weighted by Crippen LogP contribution is 2.46. The van der Waals surface area contributed by atoms with Crippen LogP contribution in [0.2, 0.25) is 0 Å². The summed E-state index contributed by atoms with van der Waals surface area (Å²) in [6.45, 7) is 7.55. The summed E-state index contributed by atoms with van der Waals surface area (Å²) < 4.78 is 11.8.